The molecular weight excluding hydrogens is 260 g/mol. The van der Waals surface area contributed by atoms with Gasteiger partial charge in [-0.05, 0) is 24.0 Å². The highest BCUT2D eigenvalue weighted by atomic mass is 16.1. The quantitative estimate of drug-likeness (QED) is 0.914. The van der Waals surface area contributed by atoms with Crippen molar-refractivity contribution in [2.24, 2.45) is 11.1 Å². The van der Waals surface area contributed by atoms with Crippen LogP contribution in [0.3, 0.4) is 0 Å². The van der Waals surface area contributed by atoms with Crippen LogP contribution in [0, 0.1) is 5.41 Å². The number of carbonyl (C=O) groups is 1. The van der Waals surface area contributed by atoms with Crippen molar-refractivity contribution in [1.82, 2.24) is 4.98 Å². The van der Waals surface area contributed by atoms with Crippen LogP contribution in [0.15, 0.2) is 36.4 Å². The lowest BCUT2D eigenvalue weighted by Gasteiger charge is -2.22. The fraction of sp³-hybridized carbons (Fsp3) is 0.444. The molecule has 3 heteroatoms. The van der Waals surface area contributed by atoms with Crippen LogP contribution in [-0.4, -0.2) is 16.8 Å². The number of hydrogen-bond acceptors (Lipinski definition) is 3. The molecule has 0 spiro atoms. The Morgan fingerprint density at radius 2 is 1.90 bits per heavy atom. The number of fused-ring (bicyclic) bond motifs is 1. The van der Waals surface area contributed by atoms with Crippen LogP contribution in [0.25, 0.3) is 10.9 Å². The van der Waals surface area contributed by atoms with Crippen LogP contribution in [0.5, 0.6) is 0 Å². The van der Waals surface area contributed by atoms with E-state index in [2.05, 4.69) is 25.8 Å². The summed E-state index contributed by atoms with van der Waals surface area (Å²) in [5.74, 6) is 0.162. The molecule has 2 N–H and O–H groups in total. The largest absolute Gasteiger partial charge is 0.327 e. The lowest BCUT2D eigenvalue weighted by Crippen LogP contribution is -2.29. The monoisotopic (exact) mass is 284 g/mol. The Kier molecular flexibility index (Phi) is 4.73. The van der Waals surface area contributed by atoms with Crippen LogP contribution in [0.4, 0.5) is 0 Å². The molecule has 0 saturated carbocycles. The summed E-state index contributed by atoms with van der Waals surface area (Å²) < 4.78 is 0. The first kappa shape index (κ1) is 15.6. The predicted octanol–water partition coefficient (Wildman–Crippen LogP) is 3.50. The van der Waals surface area contributed by atoms with Crippen molar-refractivity contribution >= 4 is 16.7 Å². The number of nitrogens with two attached hydrogens (primary N) is 1. The van der Waals surface area contributed by atoms with E-state index in [9.17, 15) is 4.79 Å². The molecule has 0 fully saturated rings. The van der Waals surface area contributed by atoms with E-state index >= 15 is 0 Å². The van der Waals surface area contributed by atoms with Gasteiger partial charge < -0.3 is 5.73 Å². The molecule has 0 amide bonds. The molecule has 0 aliphatic rings. The second-order valence-electron chi connectivity index (χ2n) is 6.94. The molecule has 0 aliphatic heterocycles. The van der Waals surface area contributed by atoms with Crippen molar-refractivity contribution in [3.63, 3.8) is 0 Å². The van der Waals surface area contributed by atoms with Gasteiger partial charge in [0.2, 0.25) is 0 Å². The molecular formula is C18H24N2O. The number of aromatic nitrogens is 1. The van der Waals surface area contributed by atoms with E-state index in [1.54, 1.807) is 0 Å². The molecule has 21 heavy (non-hydrogen) atoms. The first-order valence-electron chi connectivity index (χ1n) is 7.45. The maximum Gasteiger partial charge on any atom is 0.140 e. The molecule has 0 radical (unpaired) electrons. The van der Waals surface area contributed by atoms with E-state index in [1.807, 2.05) is 36.4 Å². The van der Waals surface area contributed by atoms with Gasteiger partial charge in [-0.25, -0.2) is 0 Å². The van der Waals surface area contributed by atoms with Gasteiger partial charge in [0.15, 0.2) is 0 Å². The summed E-state index contributed by atoms with van der Waals surface area (Å²) in [4.78, 5) is 16.7. The number of pyridine rings is 1. The first-order valence-corrected chi connectivity index (χ1v) is 7.45. The third-order valence-electron chi connectivity index (χ3n) is 3.40. The topological polar surface area (TPSA) is 56.0 Å². The van der Waals surface area contributed by atoms with Gasteiger partial charge in [-0.1, -0.05) is 45.0 Å². The first-order chi connectivity index (χ1) is 9.83. The van der Waals surface area contributed by atoms with Crippen molar-refractivity contribution in [1.29, 1.82) is 0 Å². The Bertz CT molecular complexity index is 628. The molecule has 1 atom stereocenters. The number of carbonyl (C=O) groups excluding carboxylic acids is 1. The third-order valence-corrected chi connectivity index (χ3v) is 3.40. The van der Waals surface area contributed by atoms with Gasteiger partial charge in [0.25, 0.3) is 0 Å². The number of Topliss-reactive ketones (excluding diaryl/α,β-unsaturated/α-hetero) is 1. The highest BCUT2D eigenvalue weighted by Gasteiger charge is 2.18. The number of para-hydroxylation sites is 1. The highest BCUT2D eigenvalue weighted by molar-refractivity contribution is 5.83. The summed E-state index contributed by atoms with van der Waals surface area (Å²) >= 11 is 0. The molecule has 0 aliphatic carbocycles. The molecule has 1 aromatic heterocycles. The van der Waals surface area contributed by atoms with Crippen molar-refractivity contribution in [3.05, 3.63) is 42.1 Å². The summed E-state index contributed by atoms with van der Waals surface area (Å²) in [6.07, 6.45) is 1.64. The van der Waals surface area contributed by atoms with Gasteiger partial charge in [-0.3, -0.25) is 9.78 Å². The number of hydrogen-bond donors (Lipinski definition) is 1. The zero-order valence-corrected chi connectivity index (χ0v) is 13.1. The van der Waals surface area contributed by atoms with Gasteiger partial charge in [-0.2, -0.15) is 0 Å². The Hall–Kier alpha value is -1.74. The lowest BCUT2D eigenvalue weighted by atomic mass is 9.86. The number of benzene rings is 1. The Morgan fingerprint density at radius 3 is 2.62 bits per heavy atom. The number of ketones is 1. The molecule has 0 saturated heterocycles. The lowest BCUT2D eigenvalue weighted by molar-refractivity contribution is -0.118. The summed E-state index contributed by atoms with van der Waals surface area (Å²) in [7, 11) is 0. The molecule has 3 nitrogen and oxygen atoms in total. The van der Waals surface area contributed by atoms with Crippen LogP contribution in [0.1, 0.15) is 39.3 Å². The standard InChI is InChI=1S/C18H24N2O/c1-18(2,3)12-14(19)10-16(21)11-15-9-8-13-6-4-5-7-17(13)20-15/h4-9,14H,10-12,19H2,1-3H3. The normalized spacial score (nSPS) is 13.3. The predicted molar refractivity (Wildman–Crippen MR) is 87.1 cm³/mol. The van der Waals surface area contributed by atoms with E-state index in [4.69, 9.17) is 5.73 Å². The Labute approximate surface area is 126 Å². The Balaban J connectivity index is 1.98. The molecule has 1 unspecified atom stereocenters. The summed E-state index contributed by atoms with van der Waals surface area (Å²) in [6, 6.07) is 11.8. The van der Waals surface area contributed by atoms with Crippen molar-refractivity contribution < 1.29 is 4.79 Å². The van der Waals surface area contributed by atoms with E-state index in [1.165, 1.54) is 0 Å². The van der Waals surface area contributed by atoms with Crippen molar-refractivity contribution in [2.75, 3.05) is 0 Å². The maximum atomic E-state index is 12.1. The van der Waals surface area contributed by atoms with Gasteiger partial charge in [0.05, 0.1) is 5.52 Å². The van der Waals surface area contributed by atoms with E-state index in [-0.39, 0.29) is 17.2 Å². The second kappa shape index (κ2) is 6.35. The van der Waals surface area contributed by atoms with Crippen LogP contribution in [-0.2, 0) is 11.2 Å². The average molecular weight is 284 g/mol. The van der Waals surface area contributed by atoms with Gasteiger partial charge in [0.1, 0.15) is 5.78 Å². The van der Waals surface area contributed by atoms with Crippen LogP contribution < -0.4 is 5.73 Å². The maximum absolute atomic E-state index is 12.1. The van der Waals surface area contributed by atoms with Gasteiger partial charge >= 0.3 is 0 Å². The van der Waals surface area contributed by atoms with Gasteiger partial charge in [0, 0.05) is 30.0 Å². The molecule has 112 valence electrons. The molecule has 2 aromatic rings. The fourth-order valence-corrected chi connectivity index (χ4v) is 2.63. The van der Waals surface area contributed by atoms with Gasteiger partial charge in [-0.15, -0.1) is 0 Å². The summed E-state index contributed by atoms with van der Waals surface area (Å²) in [5, 5.41) is 1.10. The minimum absolute atomic E-state index is 0.0713. The zero-order valence-electron chi connectivity index (χ0n) is 13.1. The Morgan fingerprint density at radius 1 is 1.19 bits per heavy atom. The molecule has 1 heterocycles. The van der Waals surface area contributed by atoms with Crippen LogP contribution >= 0.6 is 0 Å². The van der Waals surface area contributed by atoms with Crippen molar-refractivity contribution in [3.8, 4) is 0 Å². The highest BCUT2D eigenvalue weighted by Crippen LogP contribution is 2.21. The summed E-state index contributed by atoms with van der Waals surface area (Å²) in [5.41, 5.74) is 7.97. The fourth-order valence-electron chi connectivity index (χ4n) is 2.63. The second-order valence-corrected chi connectivity index (χ2v) is 6.94. The smallest absolute Gasteiger partial charge is 0.140 e. The minimum Gasteiger partial charge on any atom is -0.327 e. The van der Waals surface area contributed by atoms with E-state index in [0.717, 1.165) is 23.0 Å². The van der Waals surface area contributed by atoms with E-state index < -0.39 is 0 Å². The van der Waals surface area contributed by atoms with Crippen LogP contribution in [0.2, 0.25) is 0 Å². The average Bonchev–Trinajstić information content (AvgIpc) is 2.35. The summed E-state index contributed by atoms with van der Waals surface area (Å²) in [6.45, 7) is 6.42. The number of nitrogens with zero attached hydrogens (tertiary/aromatic N) is 1. The molecule has 2 rings (SSSR count). The minimum atomic E-state index is -0.0713. The molecule has 0 bridgehead atoms. The molecule has 1 aromatic carbocycles. The number of rotatable bonds is 5. The van der Waals surface area contributed by atoms with E-state index in [0.29, 0.717) is 12.8 Å². The van der Waals surface area contributed by atoms with Crippen molar-refractivity contribution in [2.45, 2.75) is 46.1 Å². The SMILES string of the molecule is CC(C)(C)CC(N)CC(=O)Cc1ccc2ccccc2n1. The third kappa shape index (κ3) is 4.94. The zero-order chi connectivity index (χ0) is 15.5.